The summed E-state index contributed by atoms with van der Waals surface area (Å²) < 4.78 is 10.6. The summed E-state index contributed by atoms with van der Waals surface area (Å²) in [4.78, 5) is 4.22. The van der Waals surface area contributed by atoms with E-state index in [2.05, 4.69) is 4.98 Å². The minimum atomic E-state index is 0.480. The van der Waals surface area contributed by atoms with Crippen LogP contribution in [0.15, 0.2) is 23.6 Å². The van der Waals surface area contributed by atoms with Crippen molar-refractivity contribution in [3.63, 3.8) is 0 Å². The van der Waals surface area contributed by atoms with Gasteiger partial charge in [-0.2, -0.15) is 0 Å². The van der Waals surface area contributed by atoms with Gasteiger partial charge in [0.25, 0.3) is 0 Å². The smallest absolute Gasteiger partial charge is 0.140 e. The molecule has 2 rings (SSSR count). The van der Waals surface area contributed by atoms with Crippen LogP contribution in [0.2, 0.25) is 5.15 Å². The number of rotatable bonds is 3. The highest BCUT2D eigenvalue weighted by atomic mass is 35.5. The van der Waals surface area contributed by atoms with Crippen LogP contribution in [0.4, 0.5) is 0 Å². The number of aromatic nitrogens is 1. The summed E-state index contributed by atoms with van der Waals surface area (Å²) >= 11 is 7.28. The van der Waals surface area contributed by atoms with Gasteiger partial charge in [0.15, 0.2) is 0 Å². The zero-order valence-electron chi connectivity index (χ0n) is 8.86. The van der Waals surface area contributed by atoms with Crippen LogP contribution in [0.3, 0.4) is 0 Å². The Labute approximate surface area is 103 Å². The Morgan fingerprint density at radius 1 is 1.19 bits per heavy atom. The first kappa shape index (κ1) is 11.2. The number of ether oxygens (including phenoxy) is 2. The molecule has 84 valence electrons. The molecule has 0 bridgehead atoms. The van der Waals surface area contributed by atoms with Gasteiger partial charge >= 0.3 is 0 Å². The van der Waals surface area contributed by atoms with E-state index >= 15 is 0 Å². The predicted octanol–water partition coefficient (Wildman–Crippen LogP) is 3.48. The van der Waals surface area contributed by atoms with Crippen molar-refractivity contribution in [1.82, 2.24) is 4.98 Å². The van der Waals surface area contributed by atoms with E-state index in [0.29, 0.717) is 5.15 Å². The second-order valence-electron chi connectivity index (χ2n) is 3.01. The van der Waals surface area contributed by atoms with Crippen LogP contribution in [-0.2, 0) is 0 Å². The zero-order chi connectivity index (χ0) is 11.5. The standard InChI is InChI=1S/C11H10ClNO2S/c1-14-7-4-3-5-8(15-2)10(7)11-13-9(12)6-16-11/h3-6H,1-2H3. The van der Waals surface area contributed by atoms with Gasteiger partial charge < -0.3 is 9.47 Å². The Bertz CT molecular complexity index is 476. The first-order valence-electron chi connectivity index (χ1n) is 4.58. The summed E-state index contributed by atoms with van der Waals surface area (Å²) in [7, 11) is 3.24. The molecule has 16 heavy (non-hydrogen) atoms. The second kappa shape index (κ2) is 4.72. The largest absolute Gasteiger partial charge is 0.496 e. The molecular formula is C11H10ClNO2S. The van der Waals surface area contributed by atoms with Crippen molar-refractivity contribution in [3.05, 3.63) is 28.7 Å². The maximum absolute atomic E-state index is 5.82. The van der Waals surface area contributed by atoms with Gasteiger partial charge in [0, 0.05) is 5.38 Å². The SMILES string of the molecule is COc1cccc(OC)c1-c1nc(Cl)cs1. The topological polar surface area (TPSA) is 31.4 Å². The van der Waals surface area contributed by atoms with Crippen molar-refractivity contribution in [3.8, 4) is 22.1 Å². The average Bonchev–Trinajstić information content (AvgIpc) is 2.74. The number of hydrogen-bond acceptors (Lipinski definition) is 4. The Morgan fingerprint density at radius 3 is 2.25 bits per heavy atom. The molecule has 0 atom stereocenters. The van der Waals surface area contributed by atoms with E-state index in [9.17, 15) is 0 Å². The molecule has 0 aliphatic carbocycles. The molecule has 0 spiro atoms. The average molecular weight is 256 g/mol. The van der Waals surface area contributed by atoms with E-state index in [-0.39, 0.29) is 0 Å². The number of thiazole rings is 1. The van der Waals surface area contributed by atoms with Crippen LogP contribution >= 0.6 is 22.9 Å². The molecule has 0 unspecified atom stereocenters. The predicted molar refractivity (Wildman–Crippen MR) is 65.7 cm³/mol. The lowest BCUT2D eigenvalue weighted by Crippen LogP contribution is -1.92. The van der Waals surface area contributed by atoms with Gasteiger partial charge in [-0.05, 0) is 12.1 Å². The number of halogens is 1. The normalized spacial score (nSPS) is 10.2. The van der Waals surface area contributed by atoms with Crippen LogP contribution < -0.4 is 9.47 Å². The molecule has 0 aliphatic heterocycles. The van der Waals surface area contributed by atoms with Crippen molar-refractivity contribution >= 4 is 22.9 Å². The molecule has 0 saturated carbocycles. The van der Waals surface area contributed by atoms with Crippen molar-refractivity contribution in [2.75, 3.05) is 14.2 Å². The number of nitrogens with zero attached hydrogens (tertiary/aromatic N) is 1. The summed E-state index contributed by atoms with van der Waals surface area (Å²) in [6, 6.07) is 5.61. The summed E-state index contributed by atoms with van der Waals surface area (Å²) in [6.07, 6.45) is 0. The van der Waals surface area contributed by atoms with E-state index in [1.807, 2.05) is 18.2 Å². The van der Waals surface area contributed by atoms with Gasteiger partial charge in [0.2, 0.25) is 0 Å². The lowest BCUT2D eigenvalue weighted by atomic mass is 10.2. The van der Waals surface area contributed by atoms with Crippen LogP contribution in [0.1, 0.15) is 0 Å². The number of benzene rings is 1. The van der Waals surface area contributed by atoms with Crippen LogP contribution in [-0.4, -0.2) is 19.2 Å². The maximum atomic E-state index is 5.82. The Balaban J connectivity index is 2.60. The molecule has 0 aliphatic rings. The Hall–Kier alpha value is -1.26. The van der Waals surface area contributed by atoms with Gasteiger partial charge in [-0.25, -0.2) is 4.98 Å². The van der Waals surface area contributed by atoms with E-state index in [1.165, 1.54) is 11.3 Å². The van der Waals surface area contributed by atoms with E-state index < -0.39 is 0 Å². The molecule has 0 N–H and O–H groups in total. The quantitative estimate of drug-likeness (QED) is 0.841. The fraction of sp³-hybridized carbons (Fsp3) is 0.182. The third kappa shape index (κ3) is 1.99. The zero-order valence-corrected chi connectivity index (χ0v) is 10.4. The lowest BCUT2D eigenvalue weighted by Gasteiger charge is -2.10. The molecule has 1 aromatic heterocycles. The van der Waals surface area contributed by atoms with Gasteiger partial charge in [-0.15, -0.1) is 11.3 Å². The molecule has 5 heteroatoms. The Kier molecular flexibility index (Phi) is 3.31. The first-order chi connectivity index (χ1) is 7.76. The van der Waals surface area contributed by atoms with Crippen molar-refractivity contribution in [1.29, 1.82) is 0 Å². The third-order valence-electron chi connectivity index (χ3n) is 2.12. The fourth-order valence-corrected chi connectivity index (χ4v) is 2.43. The monoisotopic (exact) mass is 255 g/mol. The van der Waals surface area contributed by atoms with Gasteiger partial charge in [-0.3, -0.25) is 0 Å². The highest BCUT2D eigenvalue weighted by molar-refractivity contribution is 7.13. The first-order valence-corrected chi connectivity index (χ1v) is 5.84. The van der Waals surface area contributed by atoms with E-state index in [1.54, 1.807) is 19.6 Å². The summed E-state index contributed by atoms with van der Waals surface area (Å²) in [5.41, 5.74) is 0.837. The van der Waals surface area contributed by atoms with E-state index in [0.717, 1.165) is 22.1 Å². The minimum absolute atomic E-state index is 0.480. The number of methoxy groups -OCH3 is 2. The highest BCUT2D eigenvalue weighted by Crippen LogP contribution is 2.40. The molecule has 0 radical (unpaired) electrons. The van der Waals surface area contributed by atoms with Crippen molar-refractivity contribution < 1.29 is 9.47 Å². The Morgan fingerprint density at radius 2 is 1.81 bits per heavy atom. The fourth-order valence-electron chi connectivity index (χ4n) is 1.43. The number of hydrogen-bond donors (Lipinski definition) is 0. The molecule has 0 amide bonds. The molecule has 0 saturated heterocycles. The van der Waals surface area contributed by atoms with Crippen molar-refractivity contribution in [2.45, 2.75) is 0 Å². The van der Waals surface area contributed by atoms with Crippen LogP contribution in [0.25, 0.3) is 10.6 Å². The summed E-state index contributed by atoms with van der Waals surface area (Å²) in [5, 5.41) is 3.05. The maximum Gasteiger partial charge on any atom is 0.140 e. The van der Waals surface area contributed by atoms with Crippen LogP contribution in [0, 0.1) is 0 Å². The third-order valence-corrected chi connectivity index (χ3v) is 3.30. The van der Waals surface area contributed by atoms with Gasteiger partial charge in [0.05, 0.1) is 19.8 Å². The molecule has 1 aromatic carbocycles. The molecule has 0 fully saturated rings. The van der Waals surface area contributed by atoms with Crippen molar-refractivity contribution in [2.24, 2.45) is 0 Å². The lowest BCUT2D eigenvalue weighted by molar-refractivity contribution is 0.397. The van der Waals surface area contributed by atoms with Gasteiger partial charge in [0.1, 0.15) is 21.7 Å². The minimum Gasteiger partial charge on any atom is -0.496 e. The summed E-state index contributed by atoms with van der Waals surface area (Å²) in [6.45, 7) is 0. The highest BCUT2D eigenvalue weighted by Gasteiger charge is 2.15. The molecule has 1 heterocycles. The van der Waals surface area contributed by atoms with Crippen LogP contribution in [0.5, 0.6) is 11.5 Å². The molecule has 3 nitrogen and oxygen atoms in total. The second-order valence-corrected chi connectivity index (χ2v) is 4.26. The summed E-state index contributed by atoms with van der Waals surface area (Å²) in [5.74, 6) is 1.45. The molecular weight excluding hydrogens is 246 g/mol. The molecule has 2 aromatic rings. The van der Waals surface area contributed by atoms with Gasteiger partial charge in [-0.1, -0.05) is 17.7 Å². The van der Waals surface area contributed by atoms with E-state index in [4.69, 9.17) is 21.1 Å².